The Kier molecular flexibility index (Phi) is 6.23. The molecular weight excluding hydrogens is 303 g/mol. The second kappa shape index (κ2) is 7.47. The molecule has 2 rings (SSSR count). The number of nitrogens with zero attached hydrogens (tertiary/aromatic N) is 2. The van der Waals surface area contributed by atoms with Crippen molar-refractivity contribution in [3.63, 3.8) is 0 Å². The Morgan fingerprint density at radius 2 is 1.86 bits per heavy atom. The van der Waals surface area contributed by atoms with Crippen molar-refractivity contribution in [3.8, 4) is 0 Å². The number of hydrogen-bond acceptors (Lipinski definition) is 2. The molecule has 2 aromatic rings. The van der Waals surface area contributed by atoms with E-state index >= 15 is 0 Å². The van der Waals surface area contributed by atoms with E-state index in [0.717, 1.165) is 17.2 Å². The van der Waals surface area contributed by atoms with Crippen molar-refractivity contribution in [2.45, 2.75) is 19.1 Å². The SMILES string of the molecule is Cl.Cn1nc(CNCCc2ccccc2)cc1C(F)(F)F. The molecule has 3 nitrogen and oxygen atoms in total. The van der Waals surface area contributed by atoms with Gasteiger partial charge in [-0.25, -0.2) is 0 Å². The summed E-state index contributed by atoms with van der Waals surface area (Å²) in [6.45, 7) is 1.03. The van der Waals surface area contributed by atoms with Gasteiger partial charge < -0.3 is 5.32 Å². The third-order valence-electron chi connectivity index (χ3n) is 2.96. The maximum Gasteiger partial charge on any atom is 0.433 e. The van der Waals surface area contributed by atoms with Crippen molar-refractivity contribution in [3.05, 3.63) is 53.3 Å². The highest BCUT2D eigenvalue weighted by Gasteiger charge is 2.34. The lowest BCUT2D eigenvalue weighted by Gasteiger charge is -2.04. The summed E-state index contributed by atoms with van der Waals surface area (Å²) in [5.41, 5.74) is 0.863. The third kappa shape index (κ3) is 5.06. The molecule has 0 atom stereocenters. The summed E-state index contributed by atoms with van der Waals surface area (Å²) in [5.74, 6) is 0. The van der Waals surface area contributed by atoms with E-state index in [1.54, 1.807) is 0 Å². The van der Waals surface area contributed by atoms with Crippen molar-refractivity contribution in [2.24, 2.45) is 7.05 Å². The average molecular weight is 320 g/mol. The van der Waals surface area contributed by atoms with Gasteiger partial charge in [0.2, 0.25) is 0 Å². The highest BCUT2D eigenvalue weighted by Crippen LogP contribution is 2.29. The van der Waals surface area contributed by atoms with Gasteiger partial charge in [-0.05, 0) is 24.6 Å². The molecule has 0 bridgehead atoms. The van der Waals surface area contributed by atoms with Gasteiger partial charge in [-0.1, -0.05) is 30.3 Å². The van der Waals surface area contributed by atoms with Crippen molar-refractivity contribution in [1.29, 1.82) is 0 Å². The molecule has 1 N–H and O–H groups in total. The van der Waals surface area contributed by atoms with Crippen LogP contribution in [0.3, 0.4) is 0 Å². The quantitative estimate of drug-likeness (QED) is 0.858. The maximum atomic E-state index is 12.6. The normalized spacial score (nSPS) is 11.2. The zero-order valence-corrected chi connectivity index (χ0v) is 12.3. The molecular formula is C14H17ClF3N3. The van der Waals surface area contributed by atoms with E-state index < -0.39 is 11.9 Å². The molecule has 21 heavy (non-hydrogen) atoms. The first-order chi connectivity index (χ1) is 9.47. The Morgan fingerprint density at radius 1 is 1.19 bits per heavy atom. The molecule has 0 unspecified atom stereocenters. The van der Waals surface area contributed by atoms with Crippen molar-refractivity contribution in [1.82, 2.24) is 15.1 Å². The lowest BCUT2D eigenvalue weighted by Crippen LogP contribution is -2.17. The minimum Gasteiger partial charge on any atom is -0.311 e. The maximum absolute atomic E-state index is 12.6. The smallest absolute Gasteiger partial charge is 0.311 e. The fraction of sp³-hybridized carbons (Fsp3) is 0.357. The van der Waals surface area contributed by atoms with E-state index in [-0.39, 0.29) is 12.4 Å². The van der Waals surface area contributed by atoms with Crippen molar-refractivity contribution in [2.75, 3.05) is 6.54 Å². The molecule has 7 heteroatoms. The number of alkyl halides is 3. The van der Waals surface area contributed by atoms with Crippen LogP contribution in [0.5, 0.6) is 0 Å². The van der Waals surface area contributed by atoms with Crippen LogP contribution >= 0.6 is 12.4 Å². The lowest BCUT2D eigenvalue weighted by molar-refractivity contribution is -0.143. The Morgan fingerprint density at radius 3 is 2.43 bits per heavy atom. The van der Waals surface area contributed by atoms with Gasteiger partial charge in [-0.15, -0.1) is 12.4 Å². The highest BCUT2D eigenvalue weighted by atomic mass is 35.5. The number of halogens is 4. The average Bonchev–Trinajstić information content (AvgIpc) is 2.77. The fourth-order valence-electron chi connectivity index (χ4n) is 1.97. The van der Waals surface area contributed by atoms with Crippen LogP contribution in [0.25, 0.3) is 0 Å². The summed E-state index contributed by atoms with van der Waals surface area (Å²) >= 11 is 0. The van der Waals surface area contributed by atoms with Gasteiger partial charge in [0.25, 0.3) is 0 Å². The molecule has 1 aromatic heterocycles. The molecule has 116 valence electrons. The van der Waals surface area contributed by atoms with Gasteiger partial charge in [-0.2, -0.15) is 18.3 Å². The zero-order valence-electron chi connectivity index (χ0n) is 11.5. The van der Waals surface area contributed by atoms with Gasteiger partial charge in [-0.3, -0.25) is 4.68 Å². The molecule has 1 heterocycles. The third-order valence-corrected chi connectivity index (χ3v) is 2.96. The van der Waals surface area contributed by atoms with Crippen LogP contribution < -0.4 is 5.32 Å². The second-order valence-electron chi connectivity index (χ2n) is 4.55. The van der Waals surface area contributed by atoms with Gasteiger partial charge >= 0.3 is 6.18 Å². The van der Waals surface area contributed by atoms with E-state index in [4.69, 9.17) is 0 Å². The van der Waals surface area contributed by atoms with Gasteiger partial charge in [0, 0.05) is 13.6 Å². The Hall–Kier alpha value is -1.53. The standard InChI is InChI=1S/C14H16F3N3.ClH/c1-20-13(14(15,16)17)9-12(19-20)10-18-8-7-11-5-3-2-4-6-11;/h2-6,9,18H,7-8,10H2,1H3;1H. The highest BCUT2D eigenvalue weighted by molar-refractivity contribution is 5.85. The molecule has 0 spiro atoms. The van der Waals surface area contributed by atoms with Crippen molar-refractivity contribution < 1.29 is 13.2 Å². The Bertz CT molecular complexity index is 552. The molecule has 0 aliphatic rings. The number of aromatic nitrogens is 2. The molecule has 0 fully saturated rings. The summed E-state index contributed by atoms with van der Waals surface area (Å²) in [6, 6.07) is 11.0. The first-order valence-corrected chi connectivity index (χ1v) is 6.31. The minimum absolute atomic E-state index is 0. The van der Waals surface area contributed by atoms with Crippen LogP contribution in [0.2, 0.25) is 0 Å². The first kappa shape index (κ1) is 17.5. The topological polar surface area (TPSA) is 29.9 Å². The van der Waals surface area contributed by atoms with Gasteiger partial charge in [0.05, 0.1) is 5.69 Å². The van der Waals surface area contributed by atoms with Crippen molar-refractivity contribution >= 4 is 12.4 Å². The molecule has 1 aromatic carbocycles. The molecule has 0 saturated carbocycles. The van der Waals surface area contributed by atoms with E-state index in [1.807, 2.05) is 30.3 Å². The molecule has 0 aliphatic heterocycles. The van der Waals surface area contributed by atoms with E-state index in [9.17, 15) is 13.2 Å². The Balaban J connectivity index is 0.00000220. The number of benzene rings is 1. The van der Waals surface area contributed by atoms with E-state index in [0.29, 0.717) is 18.8 Å². The largest absolute Gasteiger partial charge is 0.433 e. The van der Waals surface area contributed by atoms with E-state index in [1.165, 1.54) is 12.6 Å². The predicted molar refractivity (Wildman–Crippen MR) is 77.3 cm³/mol. The summed E-state index contributed by atoms with van der Waals surface area (Å²) in [4.78, 5) is 0. The zero-order chi connectivity index (χ0) is 14.6. The summed E-state index contributed by atoms with van der Waals surface area (Å²) in [6.07, 6.45) is -3.52. The van der Waals surface area contributed by atoms with Crippen LogP contribution in [-0.2, 0) is 26.2 Å². The van der Waals surface area contributed by atoms with Gasteiger partial charge in [0.1, 0.15) is 5.69 Å². The van der Waals surface area contributed by atoms with E-state index in [2.05, 4.69) is 10.4 Å². The Labute approximate surface area is 127 Å². The number of aryl methyl sites for hydroxylation is 1. The predicted octanol–water partition coefficient (Wildman–Crippen LogP) is 3.19. The van der Waals surface area contributed by atoms with Crippen LogP contribution in [0.4, 0.5) is 13.2 Å². The van der Waals surface area contributed by atoms with Crippen LogP contribution in [0.1, 0.15) is 17.0 Å². The fourth-order valence-corrected chi connectivity index (χ4v) is 1.97. The summed E-state index contributed by atoms with van der Waals surface area (Å²) < 4.78 is 38.6. The number of rotatable bonds is 5. The molecule has 0 amide bonds. The molecule has 0 radical (unpaired) electrons. The van der Waals surface area contributed by atoms with Crippen LogP contribution in [0, 0.1) is 0 Å². The monoisotopic (exact) mass is 319 g/mol. The second-order valence-corrected chi connectivity index (χ2v) is 4.55. The molecule has 0 aliphatic carbocycles. The minimum atomic E-state index is -4.36. The van der Waals surface area contributed by atoms with Crippen LogP contribution in [-0.4, -0.2) is 16.3 Å². The van der Waals surface area contributed by atoms with Gasteiger partial charge in [0.15, 0.2) is 0 Å². The summed E-state index contributed by atoms with van der Waals surface area (Å²) in [7, 11) is 1.30. The molecule has 0 saturated heterocycles. The lowest BCUT2D eigenvalue weighted by atomic mass is 10.1. The van der Waals surface area contributed by atoms with Crippen LogP contribution in [0.15, 0.2) is 36.4 Å². The number of hydrogen-bond donors (Lipinski definition) is 1. The first-order valence-electron chi connectivity index (χ1n) is 6.31. The summed E-state index contributed by atoms with van der Waals surface area (Å²) in [5, 5.41) is 6.95. The number of nitrogens with one attached hydrogen (secondary N) is 1.